The van der Waals surface area contributed by atoms with Crippen LogP contribution in [0, 0.1) is 34.5 Å². The van der Waals surface area contributed by atoms with Crippen molar-refractivity contribution in [3.8, 4) is 0 Å². The summed E-state index contributed by atoms with van der Waals surface area (Å²) in [6.45, 7) is 7.07. The van der Waals surface area contributed by atoms with Crippen LogP contribution in [-0.4, -0.2) is 17.9 Å². The quantitative estimate of drug-likeness (QED) is 0.271. The lowest BCUT2D eigenvalue weighted by molar-refractivity contribution is -0.162. The van der Waals surface area contributed by atoms with E-state index in [1.54, 1.807) is 0 Å². The number of rotatable bonds is 9. The first kappa shape index (κ1) is 24.3. The van der Waals surface area contributed by atoms with Crippen molar-refractivity contribution in [1.29, 1.82) is 0 Å². The van der Waals surface area contributed by atoms with Gasteiger partial charge in [-0.1, -0.05) is 59.3 Å². The predicted octanol–water partition coefficient (Wildman–Crippen LogP) is 7.65. The van der Waals surface area contributed by atoms with Gasteiger partial charge in [-0.2, -0.15) is 0 Å². The van der Waals surface area contributed by atoms with E-state index in [1.807, 2.05) is 0 Å². The van der Waals surface area contributed by atoms with E-state index in [9.17, 15) is 9.59 Å². The Morgan fingerprint density at radius 2 is 1.66 bits per heavy atom. The van der Waals surface area contributed by atoms with Crippen molar-refractivity contribution in [3.05, 3.63) is 0 Å². The maximum absolute atomic E-state index is 12.6. The second-order valence-corrected chi connectivity index (χ2v) is 12.3. The molecule has 4 saturated carbocycles. The Kier molecular flexibility index (Phi) is 7.72. The maximum Gasteiger partial charge on any atom is 0.306 e. The van der Waals surface area contributed by atoms with E-state index in [2.05, 4.69) is 20.8 Å². The van der Waals surface area contributed by atoms with E-state index in [0.717, 1.165) is 56.8 Å². The Bertz CT molecular complexity index is 671. The number of ether oxygens (including phenoxy) is 1. The van der Waals surface area contributed by atoms with Crippen LogP contribution in [0.5, 0.6) is 0 Å². The fraction of sp³-hybridized carbons (Fsp3) is 0.931. The largest absolute Gasteiger partial charge is 0.462 e. The zero-order valence-electron chi connectivity index (χ0n) is 21.1. The van der Waals surface area contributed by atoms with Gasteiger partial charge in [0.25, 0.3) is 0 Å². The monoisotopic (exact) mass is 444 g/mol. The molecule has 3 nitrogen and oxygen atoms in total. The number of unbranched alkanes of at least 4 members (excludes halogenated alkanes) is 6. The summed E-state index contributed by atoms with van der Waals surface area (Å²) in [6, 6.07) is 0. The van der Waals surface area contributed by atoms with Crippen molar-refractivity contribution in [2.24, 2.45) is 34.5 Å². The zero-order valence-corrected chi connectivity index (χ0v) is 21.1. The summed E-state index contributed by atoms with van der Waals surface area (Å²) in [6.07, 6.45) is 19.6. The molecule has 0 heterocycles. The molecule has 7 atom stereocenters. The minimum atomic E-state index is -0.0207. The molecule has 0 N–H and O–H groups in total. The summed E-state index contributed by atoms with van der Waals surface area (Å²) in [5.41, 5.74) is 0.365. The van der Waals surface area contributed by atoms with Gasteiger partial charge in [0.15, 0.2) is 0 Å². The molecule has 0 aromatic carbocycles. The normalized spacial score (nSPS) is 41.0. The Morgan fingerprint density at radius 3 is 2.44 bits per heavy atom. The van der Waals surface area contributed by atoms with Gasteiger partial charge in [0.05, 0.1) is 0 Å². The van der Waals surface area contributed by atoms with Crippen LogP contribution in [0.2, 0.25) is 0 Å². The number of carbonyl (C=O) groups is 2. The number of hydrogen-bond acceptors (Lipinski definition) is 3. The van der Waals surface area contributed by atoms with Gasteiger partial charge in [-0.15, -0.1) is 0 Å². The van der Waals surface area contributed by atoms with Crippen LogP contribution in [0.25, 0.3) is 0 Å². The van der Waals surface area contributed by atoms with E-state index in [0.29, 0.717) is 29.5 Å². The minimum Gasteiger partial charge on any atom is -0.462 e. The van der Waals surface area contributed by atoms with Crippen molar-refractivity contribution >= 4 is 11.8 Å². The fourth-order valence-corrected chi connectivity index (χ4v) is 8.57. The van der Waals surface area contributed by atoms with Gasteiger partial charge in [0.1, 0.15) is 11.9 Å². The number of carbonyl (C=O) groups excluding carboxylic acids is 2. The molecule has 0 bridgehead atoms. The lowest BCUT2D eigenvalue weighted by Gasteiger charge is -2.60. The summed E-state index contributed by atoms with van der Waals surface area (Å²) < 4.78 is 5.98. The lowest BCUT2D eigenvalue weighted by Crippen LogP contribution is -2.54. The molecule has 3 heteroatoms. The lowest BCUT2D eigenvalue weighted by atomic mass is 9.45. The summed E-state index contributed by atoms with van der Waals surface area (Å²) in [4.78, 5) is 25.1. The molecule has 0 amide bonds. The average Bonchev–Trinajstić information content (AvgIpc) is 3.08. The van der Waals surface area contributed by atoms with Crippen LogP contribution in [0.1, 0.15) is 130 Å². The zero-order chi connectivity index (χ0) is 22.8. The summed E-state index contributed by atoms with van der Waals surface area (Å²) in [5.74, 6) is 3.43. The Balaban J connectivity index is 1.24. The van der Waals surface area contributed by atoms with Crippen LogP contribution in [0.15, 0.2) is 0 Å². The molecule has 0 aromatic heterocycles. The second kappa shape index (κ2) is 10.2. The Labute approximate surface area is 196 Å². The summed E-state index contributed by atoms with van der Waals surface area (Å²) in [5, 5.41) is 0. The first-order valence-electron chi connectivity index (χ1n) is 14.1. The van der Waals surface area contributed by atoms with Crippen molar-refractivity contribution in [1.82, 2.24) is 0 Å². The van der Waals surface area contributed by atoms with Crippen LogP contribution in [0.4, 0.5) is 0 Å². The molecule has 0 spiro atoms. The molecule has 4 aliphatic carbocycles. The third-order valence-electron chi connectivity index (χ3n) is 10.6. The number of ketones is 1. The number of Topliss-reactive ketones (excluding diaryl/α,β-unsaturated/α-hetero) is 1. The molecule has 7 unspecified atom stereocenters. The third-order valence-corrected chi connectivity index (χ3v) is 10.6. The molecule has 4 fully saturated rings. The number of hydrogen-bond donors (Lipinski definition) is 0. The first-order chi connectivity index (χ1) is 15.4. The third kappa shape index (κ3) is 4.69. The van der Waals surface area contributed by atoms with E-state index in [1.165, 1.54) is 57.8 Å². The van der Waals surface area contributed by atoms with Crippen molar-refractivity contribution in [2.75, 3.05) is 0 Å². The van der Waals surface area contributed by atoms with Gasteiger partial charge in [-0.05, 0) is 86.9 Å². The van der Waals surface area contributed by atoms with Crippen LogP contribution >= 0.6 is 0 Å². The van der Waals surface area contributed by atoms with Gasteiger partial charge >= 0.3 is 5.97 Å². The smallest absolute Gasteiger partial charge is 0.306 e. The molecule has 4 rings (SSSR count). The molecule has 0 radical (unpaired) electrons. The van der Waals surface area contributed by atoms with Gasteiger partial charge in [-0.3, -0.25) is 9.59 Å². The standard InChI is InChI=1S/C29H48O3/c1-4-5-6-7-8-9-10-11-27(31)32-22-16-18-28(2)21(20-22)12-13-23-24-14-15-26(30)29(24,3)19-17-25(23)28/h21-25H,4-20H2,1-3H3. The van der Waals surface area contributed by atoms with Gasteiger partial charge in [-0.25, -0.2) is 0 Å². The Morgan fingerprint density at radius 1 is 0.906 bits per heavy atom. The predicted molar refractivity (Wildman–Crippen MR) is 129 cm³/mol. The minimum absolute atomic E-state index is 0.0207. The molecule has 4 aliphatic rings. The molecule has 0 saturated heterocycles. The van der Waals surface area contributed by atoms with Crippen molar-refractivity contribution < 1.29 is 14.3 Å². The van der Waals surface area contributed by atoms with E-state index < -0.39 is 0 Å². The highest BCUT2D eigenvalue weighted by Gasteiger charge is 2.60. The highest BCUT2D eigenvalue weighted by molar-refractivity contribution is 5.87. The molecule has 0 aliphatic heterocycles. The number of fused-ring (bicyclic) bond motifs is 5. The van der Waals surface area contributed by atoms with Crippen LogP contribution < -0.4 is 0 Å². The molecule has 182 valence electrons. The molecular weight excluding hydrogens is 396 g/mol. The maximum atomic E-state index is 12.6. The number of esters is 1. The van der Waals surface area contributed by atoms with Crippen LogP contribution in [0.3, 0.4) is 0 Å². The summed E-state index contributed by atoms with van der Waals surface area (Å²) in [7, 11) is 0. The van der Waals surface area contributed by atoms with E-state index in [4.69, 9.17) is 4.74 Å². The van der Waals surface area contributed by atoms with E-state index in [-0.39, 0.29) is 17.5 Å². The van der Waals surface area contributed by atoms with Gasteiger partial charge in [0.2, 0.25) is 0 Å². The average molecular weight is 445 g/mol. The van der Waals surface area contributed by atoms with E-state index >= 15 is 0 Å². The topological polar surface area (TPSA) is 43.4 Å². The summed E-state index contributed by atoms with van der Waals surface area (Å²) >= 11 is 0. The molecular formula is C29H48O3. The molecule has 0 aromatic rings. The first-order valence-corrected chi connectivity index (χ1v) is 14.1. The van der Waals surface area contributed by atoms with Gasteiger partial charge in [0, 0.05) is 18.3 Å². The highest BCUT2D eigenvalue weighted by atomic mass is 16.5. The molecule has 32 heavy (non-hydrogen) atoms. The van der Waals surface area contributed by atoms with Gasteiger partial charge < -0.3 is 4.74 Å². The SMILES string of the molecule is CCCCCCCCCC(=O)OC1CCC2(C)C(CCC3C4CCC(=O)C4(C)CCC32)C1. The van der Waals surface area contributed by atoms with Crippen molar-refractivity contribution in [3.63, 3.8) is 0 Å². The highest BCUT2D eigenvalue weighted by Crippen LogP contribution is 2.65. The fourth-order valence-electron chi connectivity index (χ4n) is 8.57. The van der Waals surface area contributed by atoms with Crippen molar-refractivity contribution in [2.45, 2.75) is 136 Å². The Hall–Kier alpha value is -0.860. The second-order valence-electron chi connectivity index (χ2n) is 12.3. The van der Waals surface area contributed by atoms with Crippen LogP contribution in [-0.2, 0) is 14.3 Å².